The summed E-state index contributed by atoms with van der Waals surface area (Å²) in [4.78, 5) is 4.52. The van der Waals surface area contributed by atoms with Gasteiger partial charge in [0, 0.05) is 49.2 Å². The second kappa shape index (κ2) is 7.48. The van der Waals surface area contributed by atoms with E-state index in [1.807, 2.05) is 30.3 Å². The summed E-state index contributed by atoms with van der Waals surface area (Å²) in [5, 5.41) is 7.92. The molecule has 2 N–H and O–H groups in total. The lowest BCUT2D eigenvalue weighted by molar-refractivity contribution is 0.357. The number of nitrogens with zero attached hydrogens (tertiary/aromatic N) is 1. The number of para-hydroxylation sites is 1. The Labute approximate surface area is 151 Å². The Morgan fingerprint density at radius 1 is 1.08 bits per heavy atom. The molecule has 1 saturated heterocycles. The number of pyridine rings is 1. The Morgan fingerprint density at radius 3 is 2.77 bits per heavy atom. The molecule has 26 heavy (non-hydrogen) atoms. The standard InChI is InChI=1S/C21H21F2N3/c22-16-6-7-17(19(23)12-16)18(20-13-24-9-10-25-20)11-15-4-1-3-14-5-2-8-26-21(14)15/h1-8,12,18,20,24-25H,9-11,13H2. The van der Waals surface area contributed by atoms with Crippen LogP contribution < -0.4 is 10.6 Å². The first-order valence-electron chi connectivity index (χ1n) is 8.94. The van der Waals surface area contributed by atoms with Gasteiger partial charge < -0.3 is 10.6 Å². The van der Waals surface area contributed by atoms with Crippen LogP contribution in [-0.2, 0) is 6.42 Å². The van der Waals surface area contributed by atoms with Gasteiger partial charge in [0.15, 0.2) is 0 Å². The number of hydrogen-bond donors (Lipinski definition) is 2. The molecule has 0 saturated carbocycles. The highest BCUT2D eigenvalue weighted by Gasteiger charge is 2.28. The van der Waals surface area contributed by atoms with Crippen molar-refractivity contribution < 1.29 is 8.78 Å². The monoisotopic (exact) mass is 353 g/mol. The van der Waals surface area contributed by atoms with Crippen LogP contribution in [0.2, 0.25) is 0 Å². The third-order valence-electron chi connectivity index (χ3n) is 5.08. The molecule has 5 heteroatoms. The highest BCUT2D eigenvalue weighted by molar-refractivity contribution is 5.81. The predicted octanol–water partition coefficient (Wildman–Crippen LogP) is 3.40. The van der Waals surface area contributed by atoms with Crippen LogP contribution in [-0.4, -0.2) is 30.7 Å². The number of benzene rings is 2. The molecule has 1 aliphatic rings. The van der Waals surface area contributed by atoms with Crippen molar-refractivity contribution in [2.24, 2.45) is 0 Å². The maximum atomic E-state index is 14.6. The maximum absolute atomic E-state index is 14.6. The highest BCUT2D eigenvalue weighted by atomic mass is 19.1. The number of aromatic nitrogens is 1. The summed E-state index contributed by atoms with van der Waals surface area (Å²) in [6.45, 7) is 2.47. The number of halogens is 2. The number of hydrogen-bond acceptors (Lipinski definition) is 3. The minimum absolute atomic E-state index is 0.0719. The third kappa shape index (κ3) is 3.45. The molecule has 2 atom stereocenters. The van der Waals surface area contributed by atoms with E-state index in [4.69, 9.17) is 0 Å². The van der Waals surface area contributed by atoms with Gasteiger partial charge in [-0.25, -0.2) is 8.78 Å². The summed E-state index contributed by atoms with van der Waals surface area (Å²) in [5.74, 6) is -1.15. The zero-order chi connectivity index (χ0) is 17.9. The van der Waals surface area contributed by atoms with Gasteiger partial charge in [0.1, 0.15) is 11.6 Å². The van der Waals surface area contributed by atoms with E-state index in [2.05, 4.69) is 15.6 Å². The Bertz CT molecular complexity index is 901. The second-order valence-corrected chi connectivity index (χ2v) is 6.73. The van der Waals surface area contributed by atoms with E-state index in [0.29, 0.717) is 12.0 Å². The molecule has 3 aromatic rings. The summed E-state index contributed by atoms with van der Waals surface area (Å²) < 4.78 is 28.0. The van der Waals surface area contributed by atoms with Gasteiger partial charge >= 0.3 is 0 Å². The van der Waals surface area contributed by atoms with Crippen molar-refractivity contribution in [3.05, 3.63) is 77.5 Å². The summed E-state index contributed by atoms with van der Waals surface area (Å²) in [5.41, 5.74) is 2.55. The minimum atomic E-state index is -0.549. The molecule has 3 nitrogen and oxygen atoms in total. The molecule has 1 aliphatic heterocycles. The van der Waals surface area contributed by atoms with E-state index in [-0.39, 0.29) is 12.0 Å². The molecule has 0 bridgehead atoms. The molecule has 0 aliphatic carbocycles. The van der Waals surface area contributed by atoms with E-state index < -0.39 is 11.6 Å². The molecule has 4 rings (SSSR count). The molecule has 1 fully saturated rings. The first kappa shape index (κ1) is 17.1. The topological polar surface area (TPSA) is 37.0 Å². The van der Waals surface area contributed by atoms with Crippen LogP contribution in [0.5, 0.6) is 0 Å². The second-order valence-electron chi connectivity index (χ2n) is 6.73. The van der Waals surface area contributed by atoms with Gasteiger partial charge in [-0.15, -0.1) is 0 Å². The number of piperazine rings is 1. The number of fused-ring (bicyclic) bond motifs is 1. The maximum Gasteiger partial charge on any atom is 0.129 e. The van der Waals surface area contributed by atoms with Crippen LogP contribution >= 0.6 is 0 Å². The molecule has 1 aromatic heterocycles. The van der Waals surface area contributed by atoms with E-state index in [9.17, 15) is 8.78 Å². The van der Waals surface area contributed by atoms with E-state index >= 15 is 0 Å². The Kier molecular flexibility index (Phi) is 4.91. The Balaban J connectivity index is 1.75. The molecule has 0 amide bonds. The zero-order valence-electron chi connectivity index (χ0n) is 14.4. The van der Waals surface area contributed by atoms with Crippen LogP contribution in [0.25, 0.3) is 10.9 Å². The van der Waals surface area contributed by atoms with Crippen LogP contribution in [0.3, 0.4) is 0 Å². The van der Waals surface area contributed by atoms with Gasteiger partial charge in [0.25, 0.3) is 0 Å². The summed E-state index contributed by atoms with van der Waals surface area (Å²) in [7, 11) is 0. The van der Waals surface area contributed by atoms with Crippen LogP contribution in [0.1, 0.15) is 17.0 Å². The van der Waals surface area contributed by atoms with Crippen molar-refractivity contribution in [2.75, 3.05) is 19.6 Å². The third-order valence-corrected chi connectivity index (χ3v) is 5.08. The van der Waals surface area contributed by atoms with E-state index in [0.717, 1.165) is 42.2 Å². The smallest absolute Gasteiger partial charge is 0.129 e. The fraction of sp³-hybridized carbons (Fsp3) is 0.286. The SMILES string of the molecule is Fc1ccc(C(Cc2cccc3cccnc23)C2CNCCN2)c(F)c1. The Morgan fingerprint density at radius 2 is 1.96 bits per heavy atom. The van der Waals surface area contributed by atoms with Gasteiger partial charge in [-0.2, -0.15) is 0 Å². The lowest BCUT2D eigenvalue weighted by Crippen LogP contribution is -2.51. The van der Waals surface area contributed by atoms with Gasteiger partial charge in [-0.05, 0) is 29.7 Å². The van der Waals surface area contributed by atoms with Crippen molar-refractivity contribution in [1.29, 1.82) is 0 Å². The first-order valence-corrected chi connectivity index (χ1v) is 8.94. The van der Waals surface area contributed by atoms with Crippen molar-refractivity contribution in [3.8, 4) is 0 Å². The van der Waals surface area contributed by atoms with Crippen molar-refractivity contribution >= 4 is 10.9 Å². The van der Waals surface area contributed by atoms with Crippen molar-refractivity contribution in [2.45, 2.75) is 18.4 Å². The molecule has 0 spiro atoms. The van der Waals surface area contributed by atoms with Gasteiger partial charge in [-0.1, -0.05) is 30.3 Å². The molecule has 2 heterocycles. The van der Waals surface area contributed by atoms with E-state index in [1.165, 1.54) is 6.07 Å². The average molecular weight is 353 g/mol. The fourth-order valence-electron chi connectivity index (χ4n) is 3.80. The molecule has 134 valence electrons. The van der Waals surface area contributed by atoms with Crippen LogP contribution in [0, 0.1) is 11.6 Å². The number of nitrogens with one attached hydrogen (secondary N) is 2. The average Bonchev–Trinajstić information content (AvgIpc) is 2.67. The van der Waals surface area contributed by atoms with Gasteiger partial charge in [0.2, 0.25) is 0 Å². The highest BCUT2D eigenvalue weighted by Crippen LogP contribution is 2.30. The molecule has 0 radical (unpaired) electrons. The quantitative estimate of drug-likeness (QED) is 0.755. The largest absolute Gasteiger partial charge is 0.314 e. The van der Waals surface area contributed by atoms with Crippen LogP contribution in [0.15, 0.2) is 54.7 Å². The molecular weight excluding hydrogens is 332 g/mol. The summed E-state index contributed by atoms with van der Waals surface area (Å²) in [6, 6.07) is 14.0. The normalized spacial score (nSPS) is 18.8. The Hall–Kier alpha value is -2.37. The van der Waals surface area contributed by atoms with Gasteiger partial charge in [0.05, 0.1) is 5.52 Å². The molecule has 2 aromatic carbocycles. The van der Waals surface area contributed by atoms with Crippen LogP contribution in [0.4, 0.5) is 8.78 Å². The summed E-state index contributed by atoms with van der Waals surface area (Å²) in [6.07, 6.45) is 2.41. The van der Waals surface area contributed by atoms with E-state index in [1.54, 1.807) is 12.3 Å². The lowest BCUT2D eigenvalue weighted by Gasteiger charge is -2.32. The first-order chi connectivity index (χ1) is 12.7. The molecule has 2 unspecified atom stereocenters. The molecular formula is C21H21F2N3. The lowest BCUT2D eigenvalue weighted by atomic mass is 9.84. The van der Waals surface area contributed by atoms with Crippen molar-refractivity contribution in [1.82, 2.24) is 15.6 Å². The zero-order valence-corrected chi connectivity index (χ0v) is 14.4. The van der Waals surface area contributed by atoms with Gasteiger partial charge in [-0.3, -0.25) is 4.98 Å². The minimum Gasteiger partial charge on any atom is -0.314 e. The number of rotatable bonds is 4. The predicted molar refractivity (Wildman–Crippen MR) is 99.2 cm³/mol. The van der Waals surface area contributed by atoms with Crippen molar-refractivity contribution in [3.63, 3.8) is 0 Å². The fourth-order valence-corrected chi connectivity index (χ4v) is 3.80. The summed E-state index contributed by atoms with van der Waals surface area (Å²) >= 11 is 0.